The molecule has 0 saturated carbocycles. The summed E-state index contributed by atoms with van der Waals surface area (Å²) in [4.78, 5) is 11.2. The predicted octanol–water partition coefficient (Wildman–Crippen LogP) is 3.32. The fourth-order valence-electron chi connectivity index (χ4n) is 1.32. The summed E-state index contributed by atoms with van der Waals surface area (Å²) >= 11 is 0. The molecule has 0 aliphatic heterocycles. The van der Waals surface area contributed by atoms with E-state index in [-0.39, 0.29) is 12.1 Å². The number of carbonyl (C=O) groups is 1. The molecule has 19 heavy (non-hydrogen) atoms. The van der Waals surface area contributed by atoms with Gasteiger partial charge in [-0.25, -0.2) is 4.79 Å². The zero-order valence-corrected chi connectivity index (χ0v) is 12.9. The van der Waals surface area contributed by atoms with Crippen molar-refractivity contribution >= 4 is 13.6 Å². The van der Waals surface area contributed by atoms with E-state index in [1.807, 2.05) is 0 Å². The molecule has 0 heterocycles. The lowest BCUT2D eigenvalue weighted by molar-refractivity contribution is -0.137. The van der Waals surface area contributed by atoms with Crippen molar-refractivity contribution in [3.63, 3.8) is 0 Å². The van der Waals surface area contributed by atoms with Crippen molar-refractivity contribution in [3.05, 3.63) is 23.8 Å². The van der Waals surface area contributed by atoms with Gasteiger partial charge in [0.25, 0.3) is 0 Å². The molecule has 0 aromatic rings. The van der Waals surface area contributed by atoms with E-state index >= 15 is 0 Å². The van der Waals surface area contributed by atoms with Crippen LogP contribution in [0.2, 0.25) is 0 Å². The topological polar surface area (TPSA) is 61.8 Å². The van der Waals surface area contributed by atoms with Crippen molar-refractivity contribution in [2.24, 2.45) is 0 Å². The van der Waals surface area contributed by atoms with Gasteiger partial charge in [0.15, 0.2) is 0 Å². The van der Waals surface area contributed by atoms with Gasteiger partial charge in [-0.05, 0) is 33.3 Å². The maximum absolute atomic E-state index is 12.1. The number of hydrogen-bond donors (Lipinski definition) is 0. The number of allylic oxidation sites excluding steroid dienone is 3. The SMILES string of the molecule is CCOC(=O)/C=C(C)/C=C/CP(=O)(OCC)OCC. The van der Waals surface area contributed by atoms with Crippen LogP contribution >= 0.6 is 7.60 Å². The number of hydrogen-bond acceptors (Lipinski definition) is 5. The predicted molar refractivity (Wildman–Crippen MR) is 75.3 cm³/mol. The Morgan fingerprint density at radius 2 is 1.68 bits per heavy atom. The second kappa shape index (κ2) is 9.96. The molecule has 0 atom stereocenters. The zero-order chi connectivity index (χ0) is 14.7. The highest BCUT2D eigenvalue weighted by Crippen LogP contribution is 2.47. The van der Waals surface area contributed by atoms with Gasteiger partial charge in [-0.1, -0.05) is 12.2 Å². The summed E-state index contributed by atoms with van der Waals surface area (Å²) in [5, 5.41) is 0. The molecule has 110 valence electrons. The third-order valence-electron chi connectivity index (χ3n) is 1.99. The molecule has 0 spiro atoms. The Bertz CT molecular complexity index is 363. The summed E-state index contributed by atoms with van der Waals surface area (Å²) < 4.78 is 27.2. The molecule has 0 aliphatic carbocycles. The first-order chi connectivity index (χ1) is 8.97. The smallest absolute Gasteiger partial charge is 0.334 e. The van der Waals surface area contributed by atoms with E-state index in [0.29, 0.717) is 19.8 Å². The molecule has 0 aromatic carbocycles. The Morgan fingerprint density at radius 3 is 2.16 bits per heavy atom. The van der Waals surface area contributed by atoms with Gasteiger partial charge in [0.2, 0.25) is 0 Å². The maximum Gasteiger partial charge on any atom is 0.334 e. The summed E-state index contributed by atoms with van der Waals surface area (Å²) in [6.07, 6.45) is 4.94. The fraction of sp³-hybridized carbons (Fsp3) is 0.615. The van der Waals surface area contributed by atoms with Gasteiger partial charge in [-0.2, -0.15) is 0 Å². The number of carbonyl (C=O) groups excluding carboxylic acids is 1. The Kier molecular flexibility index (Phi) is 9.48. The normalized spacial score (nSPS) is 12.9. The van der Waals surface area contributed by atoms with Crippen molar-refractivity contribution in [2.45, 2.75) is 27.7 Å². The molecule has 0 amide bonds. The molecule has 0 aromatic heterocycles. The Balaban J connectivity index is 4.46. The number of rotatable bonds is 9. The van der Waals surface area contributed by atoms with E-state index in [4.69, 9.17) is 13.8 Å². The molecule has 0 fully saturated rings. The molecular formula is C13H23O5P. The molecule has 0 unspecified atom stereocenters. The molecule has 5 nitrogen and oxygen atoms in total. The third-order valence-corrected chi connectivity index (χ3v) is 3.95. The van der Waals surface area contributed by atoms with E-state index in [2.05, 4.69) is 0 Å². The summed E-state index contributed by atoms with van der Waals surface area (Å²) in [5.74, 6) is -0.387. The fourth-order valence-corrected chi connectivity index (χ4v) is 2.76. The minimum Gasteiger partial charge on any atom is -0.463 e. The molecule has 0 saturated heterocycles. The van der Waals surface area contributed by atoms with Gasteiger partial charge < -0.3 is 13.8 Å². The number of ether oxygens (including phenoxy) is 1. The third kappa shape index (κ3) is 8.76. The molecule has 6 heteroatoms. The number of esters is 1. The van der Waals surface area contributed by atoms with E-state index in [9.17, 15) is 9.36 Å². The average Bonchev–Trinajstić information content (AvgIpc) is 2.29. The van der Waals surface area contributed by atoms with Crippen LogP contribution in [0.4, 0.5) is 0 Å². The molecule has 0 N–H and O–H groups in total. The lowest BCUT2D eigenvalue weighted by atomic mass is 10.2. The monoisotopic (exact) mass is 290 g/mol. The standard InChI is InChI=1S/C13H23O5P/c1-5-16-13(14)11-12(4)9-8-10-19(15,17-6-2)18-7-3/h8-9,11H,5-7,10H2,1-4H3/b9-8+,12-11+. The van der Waals surface area contributed by atoms with E-state index in [0.717, 1.165) is 5.57 Å². The molecule has 0 bridgehead atoms. The van der Waals surface area contributed by atoms with E-state index < -0.39 is 7.60 Å². The zero-order valence-electron chi connectivity index (χ0n) is 12.0. The second-order valence-electron chi connectivity index (χ2n) is 3.67. The van der Waals surface area contributed by atoms with Crippen LogP contribution < -0.4 is 0 Å². The largest absolute Gasteiger partial charge is 0.463 e. The van der Waals surface area contributed by atoms with Crippen LogP contribution in [0.5, 0.6) is 0 Å². The van der Waals surface area contributed by atoms with E-state index in [1.54, 1.807) is 39.8 Å². The van der Waals surface area contributed by atoms with Crippen LogP contribution in [-0.4, -0.2) is 32.0 Å². The van der Waals surface area contributed by atoms with Crippen LogP contribution in [0.25, 0.3) is 0 Å². The van der Waals surface area contributed by atoms with Crippen LogP contribution in [0.15, 0.2) is 23.8 Å². The summed E-state index contributed by atoms with van der Waals surface area (Å²) in [6, 6.07) is 0. The van der Waals surface area contributed by atoms with Gasteiger partial charge >= 0.3 is 13.6 Å². The first kappa shape index (κ1) is 18.1. The van der Waals surface area contributed by atoms with Crippen molar-refractivity contribution in [1.82, 2.24) is 0 Å². The van der Waals surface area contributed by atoms with Gasteiger partial charge in [0, 0.05) is 6.08 Å². The first-order valence-corrected chi connectivity index (χ1v) is 8.10. The van der Waals surface area contributed by atoms with E-state index in [1.165, 1.54) is 6.08 Å². The van der Waals surface area contributed by atoms with Crippen LogP contribution in [0, 0.1) is 0 Å². The van der Waals surface area contributed by atoms with Gasteiger partial charge in [0.05, 0.1) is 26.0 Å². The average molecular weight is 290 g/mol. The van der Waals surface area contributed by atoms with Crippen molar-refractivity contribution in [3.8, 4) is 0 Å². The summed E-state index contributed by atoms with van der Waals surface area (Å²) in [6.45, 7) is 8.06. The Hall–Kier alpha value is -0.900. The molecule has 0 rings (SSSR count). The van der Waals surface area contributed by atoms with Crippen LogP contribution in [0.3, 0.4) is 0 Å². The van der Waals surface area contributed by atoms with Crippen molar-refractivity contribution in [2.75, 3.05) is 26.0 Å². The Labute approximate surface area is 115 Å². The molecule has 0 radical (unpaired) electrons. The van der Waals surface area contributed by atoms with Crippen molar-refractivity contribution < 1.29 is 23.1 Å². The molecule has 0 aliphatic rings. The van der Waals surface area contributed by atoms with Crippen LogP contribution in [-0.2, 0) is 23.1 Å². The van der Waals surface area contributed by atoms with Gasteiger partial charge in [-0.15, -0.1) is 0 Å². The highest BCUT2D eigenvalue weighted by atomic mass is 31.2. The second-order valence-corrected chi connectivity index (χ2v) is 5.78. The van der Waals surface area contributed by atoms with Gasteiger partial charge in [0.1, 0.15) is 0 Å². The quantitative estimate of drug-likeness (QED) is 0.282. The lowest BCUT2D eigenvalue weighted by Gasteiger charge is -2.14. The summed E-state index contributed by atoms with van der Waals surface area (Å²) in [7, 11) is -3.05. The van der Waals surface area contributed by atoms with Gasteiger partial charge in [-0.3, -0.25) is 4.57 Å². The highest BCUT2D eigenvalue weighted by molar-refractivity contribution is 7.54. The maximum atomic E-state index is 12.1. The minimum absolute atomic E-state index is 0.183. The first-order valence-electron chi connectivity index (χ1n) is 6.37. The molecular weight excluding hydrogens is 267 g/mol. The Morgan fingerprint density at radius 1 is 1.11 bits per heavy atom. The van der Waals surface area contributed by atoms with Crippen molar-refractivity contribution in [1.29, 1.82) is 0 Å². The van der Waals surface area contributed by atoms with Crippen LogP contribution in [0.1, 0.15) is 27.7 Å². The highest BCUT2D eigenvalue weighted by Gasteiger charge is 2.20. The lowest BCUT2D eigenvalue weighted by Crippen LogP contribution is -2.00. The summed E-state index contributed by atoms with van der Waals surface area (Å²) in [5.41, 5.74) is 0.720. The minimum atomic E-state index is -3.05.